The lowest BCUT2D eigenvalue weighted by Crippen LogP contribution is -2.24. The molecule has 2 aromatic rings. The van der Waals surface area contributed by atoms with Gasteiger partial charge in [-0.05, 0) is 32.3 Å². The number of thioether (sulfide) groups is 1. The highest BCUT2D eigenvalue weighted by Crippen LogP contribution is 2.27. The van der Waals surface area contributed by atoms with E-state index in [0.29, 0.717) is 29.4 Å². The van der Waals surface area contributed by atoms with E-state index >= 15 is 0 Å². The van der Waals surface area contributed by atoms with Crippen LogP contribution in [0.5, 0.6) is 11.5 Å². The Balaban J connectivity index is 1.96. The minimum absolute atomic E-state index is 0.212. The Morgan fingerprint density at radius 3 is 2.62 bits per heavy atom. The fourth-order valence-corrected chi connectivity index (χ4v) is 3.22. The molecule has 0 saturated heterocycles. The molecule has 0 aliphatic carbocycles. The molecule has 2 rings (SSSR count). The molecule has 1 aromatic heterocycles. The zero-order chi connectivity index (χ0) is 19.1. The first-order chi connectivity index (χ1) is 12.5. The Morgan fingerprint density at radius 2 is 1.96 bits per heavy atom. The number of nitrogens with zero attached hydrogens (tertiary/aromatic N) is 4. The molecule has 8 nitrogen and oxygen atoms in total. The number of nitrogens with one attached hydrogen (secondary N) is 1. The molecule has 0 aliphatic heterocycles. The Labute approximate surface area is 157 Å². The maximum atomic E-state index is 12.4. The van der Waals surface area contributed by atoms with Crippen LogP contribution in [0.4, 0.5) is 0 Å². The van der Waals surface area contributed by atoms with Crippen molar-refractivity contribution in [2.75, 3.05) is 40.6 Å². The third-order valence-corrected chi connectivity index (χ3v) is 4.75. The lowest BCUT2D eigenvalue weighted by molar-refractivity contribution is 0.0949. The molecule has 26 heavy (non-hydrogen) atoms. The third kappa shape index (κ3) is 5.12. The average Bonchev–Trinajstić information content (AvgIpc) is 2.98. The number of hydrogen-bond acceptors (Lipinski definition) is 7. The van der Waals surface area contributed by atoms with Crippen LogP contribution in [0.3, 0.4) is 0 Å². The van der Waals surface area contributed by atoms with Crippen LogP contribution in [-0.4, -0.2) is 66.2 Å². The summed E-state index contributed by atoms with van der Waals surface area (Å²) in [6.07, 6.45) is 0. The van der Waals surface area contributed by atoms with Gasteiger partial charge in [0.25, 0.3) is 5.91 Å². The van der Waals surface area contributed by atoms with Crippen LogP contribution in [0.25, 0.3) is 0 Å². The molecule has 9 heteroatoms. The SMILES string of the molecule is COc1ccc(C(=O)NCc2nnc(SCCN(C)C)n2C)cc1OC. The van der Waals surface area contributed by atoms with Crippen molar-refractivity contribution in [3.8, 4) is 11.5 Å². The molecule has 0 fully saturated rings. The molecule has 0 saturated carbocycles. The highest BCUT2D eigenvalue weighted by atomic mass is 32.2. The number of carbonyl (C=O) groups is 1. The smallest absolute Gasteiger partial charge is 0.251 e. The third-order valence-electron chi connectivity index (χ3n) is 3.75. The standard InChI is InChI=1S/C17H25N5O3S/c1-21(2)8-9-26-17-20-19-15(22(17)3)11-18-16(23)12-6-7-13(24-4)14(10-12)25-5/h6-7,10H,8-9,11H2,1-5H3,(H,18,23). The maximum Gasteiger partial charge on any atom is 0.251 e. The summed E-state index contributed by atoms with van der Waals surface area (Å²) in [7, 11) is 9.06. The number of amides is 1. The van der Waals surface area contributed by atoms with Crippen LogP contribution < -0.4 is 14.8 Å². The van der Waals surface area contributed by atoms with Crippen molar-refractivity contribution in [1.82, 2.24) is 25.0 Å². The predicted molar refractivity (Wildman–Crippen MR) is 101 cm³/mol. The Bertz CT molecular complexity index is 748. The van der Waals surface area contributed by atoms with Crippen molar-refractivity contribution < 1.29 is 14.3 Å². The molecule has 1 heterocycles. The predicted octanol–water partition coefficient (Wildman–Crippen LogP) is 1.42. The number of aromatic nitrogens is 3. The summed E-state index contributed by atoms with van der Waals surface area (Å²) in [6, 6.07) is 5.04. The summed E-state index contributed by atoms with van der Waals surface area (Å²) in [6.45, 7) is 1.26. The lowest BCUT2D eigenvalue weighted by atomic mass is 10.2. The average molecular weight is 379 g/mol. The van der Waals surface area contributed by atoms with Crippen LogP contribution in [0.1, 0.15) is 16.2 Å². The largest absolute Gasteiger partial charge is 0.493 e. The normalized spacial score (nSPS) is 10.8. The molecule has 0 radical (unpaired) electrons. The molecule has 0 spiro atoms. The van der Waals surface area contributed by atoms with Crippen molar-refractivity contribution in [3.05, 3.63) is 29.6 Å². The first-order valence-corrected chi connectivity index (χ1v) is 9.10. The number of rotatable bonds is 9. The van der Waals surface area contributed by atoms with Crippen LogP contribution in [0.2, 0.25) is 0 Å². The Hall–Kier alpha value is -2.26. The van der Waals surface area contributed by atoms with Crippen LogP contribution in [0, 0.1) is 0 Å². The molecule has 0 bridgehead atoms. The van der Waals surface area contributed by atoms with Gasteiger partial charge in [0.15, 0.2) is 22.5 Å². The Kier molecular flexibility index (Phi) is 7.28. The molecule has 1 amide bonds. The number of ether oxygens (including phenoxy) is 2. The van der Waals surface area contributed by atoms with Gasteiger partial charge in [0, 0.05) is 24.9 Å². The van der Waals surface area contributed by atoms with Crippen molar-refractivity contribution in [3.63, 3.8) is 0 Å². The summed E-state index contributed by atoms with van der Waals surface area (Å²) in [5.74, 6) is 2.51. The maximum absolute atomic E-state index is 12.4. The number of hydrogen-bond donors (Lipinski definition) is 1. The van der Waals surface area contributed by atoms with Crippen LogP contribution in [-0.2, 0) is 13.6 Å². The molecule has 0 unspecified atom stereocenters. The van der Waals surface area contributed by atoms with Gasteiger partial charge >= 0.3 is 0 Å². The van der Waals surface area contributed by atoms with Gasteiger partial charge in [-0.1, -0.05) is 11.8 Å². The minimum atomic E-state index is -0.212. The van der Waals surface area contributed by atoms with E-state index in [1.54, 1.807) is 37.1 Å². The number of benzene rings is 1. The fraction of sp³-hybridized carbons (Fsp3) is 0.471. The molecule has 0 atom stereocenters. The second-order valence-electron chi connectivity index (χ2n) is 5.86. The Morgan fingerprint density at radius 1 is 1.23 bits per heavy atom. The molecular formula is C17H25N5O3S. The van der Waals surface area contributed by atoms with E-state index in [0.717, 1.165) is 17.5 Å². The molecule has 1 N–H and O–H groups in total. The van der Waals surface area contributed by atoms with E-state index in [9.17, 15) is 4.79 Å². The van der Waals surface area contributed by atoms with Gasteiger partial charge in [-0.25, -0.2) is 0 Å². The summed E-state index contributed by atoms with van der Waals surface area (Å²) in [5, 5.41) is 12.0. The van der Waals surface area contributed by atoms with Crippen molar-refractivity contribution >= 4 is 17.7 Å². The van der Waals surface area contributed by atoms with E-state index in [4.69, 9.17) is 9.47 Å². The summed E-state index contributed by atoms with van der Waals surface area (Å²) >= 11 is 1.64. The van der Waals surface area contributed by atoms with Gasteiger partial charge in [0.2, 0.25) is 0 Å². The quantitative estimate of drug-likeness (QED) is 0.660. The monoisotopic (exact) mass is 379 g/mol. The minimum Gasteiger partial charge on any atom is -0.493 e. The topological polar surface area (TPSA) is 81.5 Å². The van der Waals surface area contributed by atoms with Gasteiger partial charge in [-0.2, -0.15) is 0 Å². The summed E-state index contributed by atoms with van der Waals surface area (Å²) in [4.78, 5) is 14.5. The number of methoxy groups -OCH3 is 2. The first-order valence-electron chi connectivity index (χ1n) is 8.12. The fourth-order valence-electron chi connectivity index (χ4n) is 2.18. The first kappa shape index (κ1) is 20.1. The van der Waals surface area contributed by atoms with E-state index in [1.165, 1.54) is 7.11 Å². The zero-order valence-electron chi connectivity index (χ0n) is 15.8. The second-order valence-corrected chi connectivity index (χ2v) is 6.92. The van der Waals surface area contributed by atoms with Crippen LogP contribution in [0.15, 0.2) is 23.4 Å². The van der Waals surface area contributed by atoms with Gasteiger partial charge in [-0.15, -0.1) is 10.2 Å². The van der Waals surface area contributed by atoms with E-state index in [2.05, 4.69) is 20.4 Å². The summed E-state index contributed by atoms with van der Waals surface area (Å²) in [5.41, 5.74) is 0.491. The van der Waals surface area contributed by atoms with Gasteiger partial charge in [-0.3, -0.25) is 4.79 Å². The molecule has 1 aromatic carbocycles. The highest BCUT2D eigenvalue weighted by molar-refractivity contribution is 7.99. The molecule has 142 valence electrons. The molecular weight excluding hydrogens is 354 g/mol. The molecule has 0 aliphatic rings. The van der Waals surface area contributed by atoms with Crippen molar-refractivity contribution in [2.45, 2.75) is 11.7 Å². The van der Waals surface area contributed by atoms with Gasteiger partial charge in [0.1, 0.15) is 0 Å². The highest BCUT2D eigenvalue weighted by Gasteiger charge is 2.13. The zero-order valence-corrected chi connectivity index (χ0v) is 16.6. The van der Waals surface area contributed by atoms with E-state index in [-0.39, 0.29) is 5.91 Å². The van der Waals surface area contributed by atoms with E-state index < -0.39 is 0 Å². The number of carbonyl (C=O) groups excluding carboxylic acids is 1. The summed E-state index contributed by atoms with van der Waals surface area (Å²) < 4.78 is 12.3. The van der Waals surface area contributed by atoms with Crippen molar-refractivity contribution in [1.29, 1.82) is 0 Å². The van der Waals surface area contributed by atoms with Crippen LogP contribution >= 0.6 is 11.8 Å². The van der Waals surface area contributed by atoms with Gasteiger partial charge in [0.05, 0.1) is 20.8 Å². The van der Waals surface area contributed by atoms with Gasteiger partial charge < -0.3 is 24.3 Å². The lowest BCUT2D eigenvalue weighted by Gasteiger charge is -2.10. The van der Waals surface area contributed by atoms with Crippen molar-refractivity contribution in [2.24, 2.45) is 7.05 Å². The van der Waals surface area contributed by atoms with E-state index in [1.807, 2.05) is 25.7 Å². The second kappa shape index (κ2) is 9.44.